The monoisotopic (exact) mass is 385 g/mol. The molecule has 2 aliphatic rings. The summed E-state index contributed by atoms with van der Waals surface area (Å²) in [7, 11) is 3.29. The number of amides is 3. The zero-order valence-electron chi connectivity index (χ0n) is 16.1. The summed E-state index contributed by atoms with van der Waals surface area (Å²) in [5, 5.41) is 10.8. The SMILES string of the molecule is Cc1cc2cc(C(=O)N3C[C@@H]4CN(C(=O)N(C)C)C[C@]4(C(=O)O)C3)ccc2o1. The van der Waals surface area contributed by atoms with E-state index in [-0.39, 0.29) is 30.9 Å². The van der Waals surface area contributed by atoms with E-state index in [2.05, 4.69) is 0 Å². The minimum absolute atomic E-state index is 0.103. The van der Waals surface area contributed by atoms with Crippen LogP contribution in [0.5, 0.6) is 0 Å². The topological polar surface area (TPSA) is 94.3 Å². The molecule has 1 aromatic carbocycles. The third kappa shape index (κ3) is 2.71. The largest absolute Gasteiger partial charge is 0.481 e. The minimum atomic E-state index is -1.11. The first-order valence-electron chi connectivity index (χ1n) is 9.20. The number of carboxylic acid groups (broad SMARTS) is 1. The van der Waals surface area contributed by atoms with Crippen molar-refractivity contribution in [2.45, 2.75) is 6.92 Å². The second-order valence-corrected chi connectivity index (χ2v) is 8.01. The number of aliphatic carboxylic acids is 1. The van der Waals surface area contributed by atoms with Gasteiger partial charge in [-0.1, -0.05) is 0 Å². The molecule has 2 atom stereocenters. The molecule has 0 unspecified atom stereocenters. The van der Waals surface area contributed by atoms with Crippen LogP contribution in [0.25, 0.3) is 11.0 Å². The molecule has 1 aromatic heterocycles. The highest BCUT2D eigenvalue weighted by Crippen LogP contribution is 2.43. The molecule has 8 nitrogen and oxygen atoms in total. The molecular formula is C20H23N3O5. The van der Waals surface area contributed by atoms with E-state index >= 15 is 0 Å². The van der Waals surface area contributed by atoms with E-state index in [0.29, 0.717) is 24.2 Å². The summed E-state index contributed by atoms with van der Waals surface area (Å²) in [6, 6.07) is 6.91. The van der Waals surface area contributed by atoms with Gasteiger partial charge in [0.2, 0.25) is 0 Å². The molecule has 28 heavy (non-hydrogen) atoms. The van der Waals surface area contributed by atoms with Crippen molar-refractivity contribution in [1.82, 2.24) is 14.7 Å². The molecule has 3 heterocycles. The van der Waals surface area contributed by atoms with Gasteiger partial charge in [0, 0.05) is 57.1 Å². The highest BCUT2D eigenvalue weighted by molar-refractivity contribution is 5.98. The number of carboxylic acids is 1. The maximum Gasteiger partial charge on any atom is 0.319 e. The van der Waals surface area contributed by atoms with Crippen molar-refractivity contribution in [1.29, 1.82) is 0 Å². The zero-order valence-corrected chi connectivity index (χ0v) is 16.1. The van der Waals surface area contributed by atoms with Gasteiger partial charge < -0.3 is 24.2 Å². The zero-order chi connectivity index (χ0) is 20.2. The first kappa shape index (κ1) is 18.3. The van der Waals surface area contributed by atoms with Crippen molar-refractivity contribution in [3.05, 3.63) is 35.6 Å². The quantitative estimate of drug-likeness (QED) is 0.852. The molecule has 148 valence electrons. The van der Waals surface area contributed by atoms with E-state index in [1.54, 1.807) is 42.1 Å². The summed E-state index contributed by atoms with van der Waals surface area (Å²) in [6.45, 7) is 2.73. The third-order valence-electron chi connectivity index (χ3n) is 5.86. The Bertz CT molecular complexity index is 981. The van der Waals surface area contributed by atoms with E-state index in [0.717, 1.165) is 11.1 Å². The number of carbonyl (C=O) groups excluding carboxylic acids is 2. The number of hydrogen-bond acceptors (Lipinski definition) is 4. The molecule has 0 spiro atoms. The van der Waals surface area contributed by atoms with Crippen LogP contribution in [0.4, 0.5) is 4.79 Å². The number of urea groups is 1. The van der Waals surface area contributed by atoms with E-state index in [1.807, 2.05) is 13.0 Å². The number of furan rings is 1. The van der Waals surface area contributed by atoms with Gasteiger partial charge in [-0.05, 0) is 31.2 Å². The van der Waals surface area contributed by atoms with Crippen molar-refractivity contribution < 1.29 is 23.9 Å². The van der Waals surface area contributed by atoms with Gasteiger partial charge in [0.05, 0.1) is 0 Å². The van der Waals surface area contributed by atoms with Gasteiger partial charge in [-0.25, -0.2) is 4.79 Å². The van der Waals surface area contributed by atoms with Crippen molar-refractivity contribution in [3.8, 4) is 0 Å². The summed E-state index contributed by atoms with van der Waals surface area (Å²) in [5.74, 6) is -0.660. The highest BCUT2D eigenvalue weighted by Gasteiger charge is 2.59. The van der Waals surface area contributed by atoms with Gasteiger partial charge in [0.25, 0.3) is 5.91 Å². The van der Waals surface area contributed by atoms with Gasteiger partial charge in [-0.3, -0.25) is 9.59 Å². The van der Waals surface area contributed by atoms with E-state index in [9.17, 15) is 19.5 Å². The molecule has 4 rings (SSSR count). The number of fused-ring (bicyclic) bond motifs is 2. The molecule has 2 aliphatic heterocycles. The molecular weight excluding hydrogens is 362 g/mol. The van der Waals surface area contributed by atoms with Crippen LogP contribution in [-0.2, 0) is 4.79 Å². The Kier molecular flexibility index (Phi) is 4.10. The highest BCUT2D eigenvalue weighted by atomic mass is 16.4. The Labute approximate surface area is 162 Å². The first-order chi connectivity index (χ1) is 13.2. The number of likely N-dealkylation sites (tertiary alicyclic amines) is 2. The van der Waals surface area contributed by atoms with Crippen LogP contribution >= 0.6 is 0 Å². The predicted octanol–water partition coefficient (Wildman–Crippen LogP) is 1.88. The Hall–Kier alpha value is -3.03. The lowest BCUT2D eigenvalue weighted by molar-refractivity contribution is -0.148. The first-order valence-corrected chi connectivity index (χ1v) is 9.20. The maximum atomic E-state index is 13.0. The smallest absolute Gasteiger partial charge is 0.319 e. The lowest BCUT2D eigenvalue weighted by atomic mass is 9.81. The van der Waals surface area contributed by atoms with Crippen LogP contribution in [0.3, 0.4) is 0 Å². The second-order valence-electron chi connectivity index (χ2n) is 8.01. The van der Waals surface area contributed by atoms with Crippen LogP contribution in [0.1, 0.15) is 16.1 Å². The molecule has 8 heteroatoms. The Morgan fingerprint density at radius 2 is 1.82 bits per heavy atom. The summed E-state index contributed by atoms with van der Waals surface area (Å²) in [6.07, 6.45) is 0. The average molecular weight is 385 g/mol. The second kappa shape index (κ2) is 6.25. The fourth-order valence-corrected chi connectivity index (χ4v) is 4.44. The average Bonchev–Trinajstić information content (AvgIpc) is 3.28. The van der Waals surface area contributed by atoms with E-state index in [4.69, 9.17) is 4.42 Å². The molecule has 2 saturated heterocycles. The number of nitrogens with zero attached hydrogens (tertiary/aromatic N) is 3. The van der Waals surface area contributed by atoms with Crippen molar-refractivity contribution in [3.63, 3.8) is 0 Å². The van der Waals surface area contributed by atoms with Gasteiger partial charge in [0.1, 0.15) is 16.8 Å². The van der Waals surface area contributed by atoms with Crippen LogP contribution in [-0.4, -0.2) is 78.0 Å². The van der Waals surface area contributed by atoms with Gasteiger partial charge in [-0.2, -0.15) is 0 Å². The van der Waals surface area contributed by atoms with Crippen molar-refractivity contribution in [2.24, 2.45) is 11.3 Å². The molecule has 0 saturated carbocycles. The Morgan fingerprint density at radius 3 is 2.46 bits per heavy atom. The molecule has 0 bridgehead atoms. The fourth-order valence-electron chi connectivity index (χ4n) is 4.44. The number of benzene rings is 1. The van der Waals surface area contributed by atoms with Crippen LogP contribution < -0.4 is 0 Å². The number of aryl methyl sites for hydroxylation is 1. The molecule has 3 amide bonds. The van der Waals surface area contributed by atoms with E-state index in [1.165, 1.54) is 4.90 Å². The van der Waals surface area contributed by atoms with Gasteiger partial charge in [0.15, 0.2) is 0 Å². The lowest BCUT2D eigenvalue weighted by Gasteiger charge is -2.27. The van der Waals surface area contributed by atoms with E-state index < -0.39 is 11.4 Å². The molecule has 2 fully saturated rings. The fraction of sp³-hybridized carbons (Fsp3) is 0.450. The third-order valence-corrected chi connectivity index (χ3v) is 5.86. The minimum Gasteiger partial charge on any atom is -0.481 e. The normalized spacial score (nSPS) is 23.9. The Balaban J connectivity index is 1.57. The van der Waals surface area contributed by atoms with Crippen LogP contribution in [0.15, 0.2) is 28.7 Å². The number of rotatable bonds is 2. The van der Waals surface area contributed by atoms with Crippen molar-refractivity contribution in [2.75, 3.05) is 40.3 Å². The summed E-state index contributed by atoms with van der Waals surface area (Å²) < 4.78 is 5.55. The standard InChI is InChI=1S/C20H23N3O5/c1-12-6-14-7-13(4-5-16(14)28-12)17(24)22-8-15-9-23(19(27)21(2)3)11-20(15,10-22)18(25)26/h4-7,15H,8-11H2,1-3H3,(H,25,26)/t15-,20-/m1/s1. The molecule has 2 aromatic rings. The number of hydrogen-bond donors (Lipinski definition) is 1. The summed E-state index contributed by atoms with van der Waals surface area (Å²) in [4.78, 5) is 42.0. The number of carbonyl (C=O) groups is 3. The lowest BCUT2D eigenvalue weighted by Crippen LogP contribution is -2.45. The van der Waals surface area contributed by atoms with Gasteiger partial charge >= 0.3 is 12.0 Å². The molecule has 1 N–H and O–H groups in total. The predicted molar refractivity (Wildman–Crippen MR) is 101 cm³/mol. The van der Waals surface area contributed by atoms with Crippen molar-refractivity contribution >= 4 is 28.9 Å². The van der Waals surface area contributed by atoms with Gasteiger partial charge in [-0.15, -0.1) is 0 Å². The Morgan fingerprint density at radius 1 is 1.14 bits per heavy atom. The molecule has 0 radical (unpaired) electrons. The summed E-state index contributed by atoms with van der Waals surface area (Å²) >= 11 is 0. The summed E-state index contributed by atoms with van der Waals surface area (Å²) in [5.41, 5.74) is 0.111. The van der Waals surface area contributed by atoms with Crippen LogP contribution in [0, 0.1) is 18.3 Å². The van der Waals surface area contributed by atoms with Crippen LogP contribution in [0.2, 0.25) is 0 Å². The maximum absolute atomic E-state index is 13.0. The molecule has 0 aliphatic carbocycles.